The third-order valence-electron chi connectivity index (χ3n) is 2.69. The Kier molecular flexibility index (Phi) is 4.11. The fourth-order valence-corrected chi connectivity index (χ4v) is 1.93. The van der Waals surface area contributed by atoms with Crippen LogP contribution in [0.25, 0.3) is 0 Å². The number of hydrogen-bond donors (Lipinski definition) is 2. The Morgan fingerprint density at radius 2 is 2.27 bits per heavy atom. The molecule has 0 radical (unpaired) electrons. The first-order valence-electron chi connectivity index (χ1n) is 5.61. The molecule has 1 heterocycles. The van der Waals surface area contributed by atoms with E-state index in [2.05, 4.69) is 17.3 Å². The lowest BCUT2D eigenvalue weighted by molar-refractivity contribution is -0.122. The van der Waals surface area contributed by atoms with E-state index in [-0.39, 0.29) is 5.91 Å². The van der Waals surface area contributed by atoms with Gasteiger partial charge in [-0.15, -0.1) is 0 Å². The molecule has 0 aliphatic carbocycles. The predicted molar refractivity (Wildman–Crippen MR) is 61.5 cm³/mol. The molecular formula is C11H23N3O. The first-order valence-corrected chi connectivity index (χ1v) is 5.61. The Morgan fingerprint density at radius 1 is 1.60 bits per heavy atom. The summed E-state index contributed by atoms with van der Waals surface area (Å²) >= 11 is 0. The fourth-order valence-electron chi connectivity index (χ4n) is 1.93. The zero-order valence-electron chi connectivity index (χ0n) is 10.0. The summed E-state index contributed by atoms with van der Waals surface area (Å²) in [5, 5.41) is 2.96. The summed E-state index contributed by atoms with van der Waals surface area (Å²) in [6.07, 6.45) is 1.58. The number of amides is 1. The lowest BCUT2D eigenvalue weighted by Gasteiger charge is -2.18. The molecule has 0 aromatic rings. The Labute approximate surface area is 92.2 Å². The minimum Gasteiger partial charge on any atom is -0.356 e. The topological polar surface area (TPSA) is 58.4 Å². The number of carbonyl (C=O) groups excluding carboxylic acids is 1. The van der Waals surface area contributed by atoms with Gasteiger partial charge in [0.25, 0.3) is 0 Å². The van der Waals surface area contributed by atoms with Crippen LogP contribution in [0.5, 0.6) is 0 Å². The second kappa shape index (κ2) is 4.94. The second-order valence-electron chi connectivity index (χ2n) is 5.39. The summed E-state index contributed by atoms with van der Waals surface area (Å²) in [5.41, 5.74) is 5.37. The van der Waals surface area contributed by atoms with E-state index in [9.17, 15) is 4.79 Å². The van der Waals surface area contributed by atoms with Crippen LogP contribution in [0.4, 0.5) is 0 Å². The minimum absolute atomic E-state index is 0.0667. The van der Waals surface area contributed by atoms with Crippen LogP contribution in [0.1, 0.15) is 26.7 Å². The van der Waals surface area contributed by atoms with Crippen LogP contribution < -0.4 is 11.1 Å². The Balaban J connectivity index is 2.17. The van der Waals surface area contributed by atoms with Crippen LogP contribution in [0.3, 0.4) is 0 Å². The van der Waals surface area contributed by atoms with Crippen LogP contribution in [0, 0.1) is 5.92 Å². The number of rotatable bonds is 4. The molecule has 1 unspecified atom stereocenters. The summed E-state index contributed by atoms with van der Waals surface area (Å²) in [6.45, 7) is 6.76. The smallest absolute Gasteiger partial charge is 0.221 e. The highest BCUT2D eigenvalue weighted by Gasteiger charge is 2.21. The molecule has 1 atom stereocenters. The van der Waals surface area contributed by atoms with Crippen molar-refractivity contribution in [2.24, 2.45) is 11.7 Å². The maximum Gasteiger partial charge on any atom is 0.221 e. The summed E-state index contributed by atoms with van der Waals surface area (Å²) in [5.74, 6) is 0.678. The molecule has 0 bridgehead atoms. The number of hydrogen-bond acceptors (Lipinski definition) is 3. The van der Waals surface area contributed by atoms with E-state index in [1.54, 1.807) is 0 Å². The quantitative estimate of drug-likeness (QED) is 0.700. The molecule has 1 rings (SSSR count). The number of nitrogens with zero attached hydrogens (tertiary/aromatic N) is 1. The summed E-state index contributed by atoms with van der Waals surface area (Å²) in [6, 6.07) is 0. The third-order valence-corrected chi connectivity index (χ3v) is 2.69. The first kappa shape index (κ1) is 12.5. The maximum absolute atomic E-state index is 11.5. The van der Waals surface area contributed by atoms with E-state index in [0.717, 1.165) is 19.6 Å². The number of nitrogens with two attached hydrogens (primary N) is 1. The highest BCUT2D eigenvalue weighted by molar-refractivity contribution is 5.77. The predicted octanol–water partition coefficient (Wildman–Crippen LogP) is 0.182. The van der Waals surface area contributed by atoms with E-state index in [4.69, 9.17) is 5.73 Å². The summed E-state index contributed by atoms with van der Waals surface area (Å²) in [4.78, 5) is 13.8. The molecule has 4 heteroatoms. The number of carbonyl (C=O) groups is 1. The summed E-state index contributed by atoms with van der Waals surface area (Å²) in [7, 11) is 2.12. The molecular weight excluding hydrogens is 190 g/mol. The molecule has 0 saturated carbocycles. The van der Waals surface area contributed by atoms with Crippen LogP contribution in [0.2, 0.25) is 0 Å². The van der Waals surface area contributed by atoms with Crippen molar-refractivity contribution >= 4 is 5.91 Å². The van der Waals surface area contributed by atoms with Gasteiger partial charge in [-0.05, 0) is 39.8 Å². The molecule has 0 spiro atoms. The highest BCUT2D eigenvalue weighted by atomic mass is 16.1. The Bertz CT molecular complexity index is 222. The normalized spacial score (nSPS) is 23.1. The van der Waals surface area contributed by atoms with Gasteiger partial charge < -0.3 is 16.0 Å². The molecule has 1 amide bonds. The van der Waals surface area contributed by atoms with Gasteiger partial charge in [0.1, 0.15) is 0 Å². The van der Waals surface area contributed by atoms with Gasteiger partial charge in [-0.1, -0.05) is 0 Å². The zero-order valence-corrected chi connectivity index (χ0v) is 10.0. The average molecular weight is 213 g/mol. The maximum atomic E-state index is 11.5. The van der Waals surface area contributed by atoms with Gasteiger partial charge in [-0.2, -0.15) is 0 Å². The SMILES string of the molecule is CN1CCC(CNC(=O)CC(C)(C)N)C1. The van der Waals surface area contributed by atoms with Gasteiger partial charge in [0.15, 0.2) is 0 Å². The minimum atomic E-state index is -0.406. The molecule has 0 aromatic carbocycles. The van der Waals surface area contributed by atoms with Crippen molar-refractivity contribution in [3.63, 3.8) is 0 Å². The molecule has 4 nitrogen and oxygen atoms in total. The van der Waals surface area contributed by atoms with E-state index in [1.807, 2.05) is 13.8 Å². The molecule has 88 valence electrons. The van der Waals surface area contributed by atoms with E-state index in [1.165, 1.54) is 6.42 Å². The van der Waals surface area contributed by atoms with Crippen molar-refractivity contribution in [3.05, 3.63) is 0 Å². The third kappa shape index (κ3) is 5.14. The van der Waals surface area contributed by atoms with Gasteiger partial charge >= 0.3 is 0 Å². The largest absolute Gasteiger partial charge is 0.356 e. The van der Waals surface area contributed by atoms with Crippen molar-refractivity contribution in [2.45, 2.75) is 32.2 Å². The Hall–Kier alpha value is -0.610. The van der Waals surface area contributed by atoms with Gasteiger partial charge in [0.2, 0.25) is 5.91 Å². The van der Waals surface area contributed by atoms with Gasteiger partial charge in [-0.3, -0.25) is 4.79 Å². The molecule has 1 fully saturated rings. The number of likely N-dealkylation sites (tertiary alicyclic amines) is 1. The lowest BCUT2D eigenvalue weighted by atomic mass is 10.0. The van der Waals surface area contributed by atoms with E-state index >= 15 is 0 Å². The van der Waals surface area contributed by atoms with Gasteiger partial charge in [-0.25, -0.2) is 0 Å². The summed E-state index contributed by atoms with van der Waals surface area (Å²) < 4.78 is 0. The molecule has 0 aromatic heterocycles. The van der Waals surface area contributed by atoms with Crippen LogP contribution in [0.15, 0.2) is 0 Å². The van der Waals surface area contributed by atoms with E-state index < -0.39 is 5.54 Å². The van der Waals surface area contributed by atoms with Crippen molar-refractivity contribution < 1.29 is 4.79 Å². The monoisotopic (exact) mass is 213 g/mol. The van der Waals surface area contributed by atoms with Crippen LogP contribution in [-0.4, -0.2) is 43.0 Å². The lowest BCUT2D eigenvalue weighted by Crippen LogP contribution is -2.40. The molecule has 15 heavy (non-hydrogen) atoms. The van der Waals surface area contributed by atoms with Gasteiger partial charge in [0.05, 0.1) is 0 Å². The first-order chi connectivity index (χ1) is 6.87. The average Bonchev–Trinajstić information content (AvgIpc) is 2.45. The zero-order chi connectivity index (χ0) is 11.5. The van der Waals surface area contributed by atoms with Crippen LogP contribution >= 0.6 is 0 Å². The molecule has 1 saturated heterocycles. The van der Waals surface area contributed by atoms with Crippen molar-refractivity contribution in [3.8, 4) is 0 Å². The van der Waals surface area contributed by atoms with Crippen molar-refractivity contribution in [1.29, 1.82) is 0 Å². The van der Waals surface area contributed by atoms with E-state index in [0.29, 0.717) is 12.3 Å². The van der Waals surface area contributed by atoms with Crippen molar-refractivity contribution in [1.82, 2.24) is 10.2 Å². The van der Waals surface area contributed by atoms with Crippen LogP contribution in [-0.2, 0) is 4.79 Å². The fraction of sp³-hybridized carbons (Fsp3) is 0.909. The molecule has 1 aliphatic rings. The molecule has 1 aliphatic heterocycles. The molecule has 3 N–H and O–H groups in total. The van der Waals surface area contributed by atoms with Crippen molar-refractivity contribution in [2.75, 3.05) is 26.7 Å². The standard InChI is InChI=1S/C11H23N3O/c1-11(2,12)6-10(15)13-7-9-4-5-14(3)8-9/h9H,4-8,12H2,1-3H3,(H,13,15). The highest BCUT2D eigenvalue weighted by Crippen LogP contribution is 2.13. The second-order valence-corrected chi connectivity index (χ2v) is 5.39. The van der Waals surface area contributed by atoms with Gasteiger partial charge in [0, 0.05) is 25.0 Å². The number of nitrogens with one attached hydrogen (secondary N) is 1. The Morgan fingerprint density at radius 3 is 2.73 bits per heavy atom.